The molecule has 92 valence electrons. The number of benzene rings is 1. The third kappa shape index (κ3) is 4.45. The summed E-state index contributed by atoms with van der Waals surface area (Å²) in [7, 11) is 0. The van der Waals surface area contributed by atoms with E-state index in [2.05, 4.69) is 5.32 Å². The van der Waals surface area contributed by atoms with Crippen LogP contribution in [0.2, 0.25) is 0 Å². The molecule has 0 aliphatic rings. The first-order valence-corrected chi connectivity index (χ1v) is 5.10. The van der Waals surface area contributed by atoms with Gasteiger partial charge in [-0.15, -0.1) is 0 Å². The summed E-state index contributed by atoms with van der Waals surface area (Å²) in [5.74, 6) is 0. The average molecular weight is 242 g/mol. The third-order valence-corrected chi connectivity index (χ3v) is 2.21. The summed E-state index contributed by atoms with van der Waals surface area (Å²) >= 11 is 0. The number of nitrogens with zero attached hydrogens (tertiary/aromatic N) is 1. The van der Waals surface area contributed by atoms with E-state index < -0.39 is 18.8 Å². The molecule has 0 radical (unpaired) electrons. The van der Waals surface area contributed by atoms with Gasteiger partial charge in [-0.2, -0.15) is 18.4 Å². The molecule has 0 aliphatic heterocycles. The zero-order valence-corrected chi connectivity index (χ0v) is 9.60. The Hall–Kier alpha value is -1.54. The van der Waals surface area contributed by atoms with Crippen molar-refractivity contribution in [1.29, 1.82) is 5.26 Å². The SMILES string of the molecule is Cc1cc(C)cc(C(C#N)NCC(F)(F)F)c1. The summed E-state index contributed by atoms with van der Waals surface area (Å²) in [6.07, 6.45) is -4.31. The van der Waals surface area contributed by atoms with Crippen molar-refractivity contribution in [3.05, 3.63) is 34.9 Å². The van der Waals surface area contributed by atoms with Gasteiger partial charge in [0.05, 0.1) is 12.6 Å². The highest BCUT2D eigenvalue weighted by molar-refractivity contribution is 5.33. The zero-order chi connectivity index (χ0) is 13.1. The van der Waals surface area contributed by atoms with Crippen molar-refractivity contribution in [3.8, 4) is 6.07 Å². The lowest BCUT2D eigenvalue weighted by Gasteiger charge is -2.14. The van der Waals surface area contributed by atoms with E-state index in [1.807, 2.05) is 26.0 Å². The predicted octanol–water partition coefficient (Wildman–Crippen LogP) is 3.02. The topological polar surface area (TPSA) is 35.8 Å². The fourth-order valence-electron chi connectivity index (χ4n) is 1.63. The molecule has 1 aromatic rings. The van der Waals surface area contributed by atoms with E-state index in [-0.39, 0.29) is 0 Å². The van der Waals surface area contributed by atoms with E-state index in [4.69, 9.17) is 5.26 Å². The molecular formula is C12H13F3N2. The first-order valence-electron chi connectivity index (χ1n) is 5.10. The molecule has 0 heterocycles. The Labute approximate surface area is 98.1 Å². The van der Waals surface area contributed by atoms with Crippen LogP contribution >= 0.6 is 0 Å². The summed E-state index contributed by atoms with van der Waals surface area (Å²) in [5, 5.41) is 11.1. The van der Waals surface area contributed by atoms with E-state index in [9.17, 15) is 13.2 Å². The molecule has 0 aliphatic carbocycles. The van der Waals surface area contributed by atoms with Crippen LogP contribution in [0.15, 0.2) is 18.2 Å². The first kappa shape index (κ1) is 13.5. The summed E-state index contributed by atoms with van der Waals surface area (Å²) in [5.41, 5.74) is 2.41. The number of halogens is 3. The van der Waals surface area contributed by atoms with Crippen molar-refractivity contribution in [1.82, 2.24) is 5.32 Å². The fraction of sp³-hybridized carbons (Fsp3) is 0.417. The number of nitrogens with one attached hydrogen (secondary N) is 1. The molecule has 1 N–H and O–H groups in total. The number of hydrogen-bond donors (Lipinski definition) is 1. The lowest BCUT2D eigenvalue weighted by molar-refractivity contribution is -0.125. The van der Waals surface area contributed by atoms with Crippen molar-refractivity contribution in [2.24, 2.45) is 0 Å². The van der Waals surface area contributed by atoms with Crippen molar-refractivity contribution in [2.75, 3.05) is 6.54 Å². The predicted molar refractivity (Wildman–Crippen MR) is 58.3 cm³/mol. The van der Waals surface area contributed by atoms with Crippen molar-refractivity contribution < 1.29 is 13.2 Å². The van der Waals surface area contributed by atoms with Crippen LogP contribution in [0.25, 0.3) is 0 Å². The molecule has 0 saturated heterocycles. The van der Waals surface area contributed by atoms with Crippen LogP contribution in [0, 0.1) is 25.2 Å². The van der Waals surface area contributed by atoms with E-state index in [1.54, 1.807) is 12.1 Å². The Morgan fingerprint density at radius 3 is 2.18 bits per heavy atom. The second-order valence-electron chi connectivity index (χ2n) is 3.98. The molecule has 0 aromatic heterocycles. The lowest BCUT2D eigenvalue weighted by atomic mass is 10.0. The standard InChI is InChI=1S/C12H13F3N2/c1-8-3-9(2)5-10(4-8)11(6-16)17-7-12(13,14)15/h3-5,11,17H,7H2,1-2H3. The van der Waals surface area contributed by atoms with E-state index in [1.165, 1.54) is 0 Å². The number of rotatable bonds is 3. The number of aryl methyl sites for hydroxylation is 2. The average Bonchev–Trinajstić information content (AvgIpc) is 2.15. The molecule has 5 heteroatoms. The largest absolute Gasteiger partial charge is 0.401 e. The Bertz CT molecular complexity index is 412. The minimum absolute atomic E-state index is 0.564. The maximum atomic E-state index is 12.1. The number of hydrogen-bond acceptors (Lipinski definition) is 2. The molecule has 0 bridgehead atoms. The minimum Gasteiger partial charge on any atom is -0.290 e. The Balaban J connectivity index is 2.84. The monoisotopic (exact) mass is 242 g/mol. The highest BCUT2D eigenvalue weighted by Crippen LogP contribution is 2.19. The Morgan fingerprint density at radius 2 is 1.76 bits per heavy atom. The van der Waals surface area contributed by atoms with Crippen LogP contribution in [0.1, 0.15) is 22.7 Å². The summed E-state index contributed by atoms with van der Waals surface area (Å²) in [4.78, 5) is 0. The van der Waals surface area contributed by atoms with Gasteiger partial charge < -0.3 is 0 Å². The van der Waals surface area contributed by atoms with Gasteiger partial charge in [0.2, 0.25) is 0 Å². The highest BCUT2D eigenvalue weighted by Gasteiger charge is 2.28. The van der Waals surface area contributed by atoms with E-state index >= 15 is 0 Å². The molecule has 0 amide bonds. The molecule has 1 aromatic carbocycles. The zero-order valence-electron chi connectivity index (χ0n) is 9.60. The van der Waals surface area contributed by atoms with Gasteiger partial charge in [-0.3, -0.25) is 5.32 Å². The quantitative estimate of drug-likeness (QED) is 0.884. The Kier molecular flexibility index (Phi) is 4.13. The molecule has 17 heavy (non-hydrogen) atoms. The van der Waals surface area contributed by atoms with Gasteiger partial charge in [0.1, 0.15) is 6.04 Å². The second-order valence-corrected chi connectivity index (χ2v) is 3.98. The molecule has 0 fully saturated rings. The third-order valence-electron chi connectivity index (χ3n) is 2.21. The van der Waals surface area contributed by atoms with Gasteiger partial charge >= 0.3 is 6.18 Å². The van der Waals surface area contributed by atoms with Crippen LogP contribution in [0.5, 0.6) is 0 Å². The molecule has 1 rings (SSSR count). The number of alkyl halides is 3. The van der Waals surface area contributed by atoms with Gasteiger partial charge in [-0.25, -0.2) is 0 Å². The van der Waals surface area contributed by atoms with Crippen molar-refractivity contribution in [2.45, 2.75) is 26.1 Å². The van der Waals surface area contributed by atoms with Crippen LogP contribution in [0.4, 0.5) is 13.2 Å². The maximum Gasteiger partial charge on any atom is 0.401 e. The molecule has 0 spiro atoms. The fourth-order valence-corrected chi connectivity index (χ4v) is 1.63. The first-order chi connectivity index (χ1) is 7.81. The van der Waals surface area contributed by atoms with E-state index in [0.29, 0.717) is 5.56 Å². The van der Waals surface area contributed by atoms with Gasteiger partial charge in [0.25, 0.3) is 0 Å². The molecule has 1 atom stereocenters. The molecule has 1 unspecified atom stereocenters. The second kappa shape index (κ2) is 5.19. The summed E-state index contributed by atoms with van der Waals surface area (Å²) in [6, 6.07) is 6.23. The lowest BCUT2D eigenvalue weighted by Crippen LogP contribution is -2.31. The van der Waals surface area contributed by atoms with Crippen molar-refractivity contribution in [3.63, 3.8) is 0 Å². The minimum atomic E-state index is -4.31. The van der Waals surface area contributed by atoms with Crippen molar-refractivity contribution >= 4 is 0 Å². The van der Waals surface area contributed by atoms with Crippen LogP contribution in [-0.2, 0) is 0 Å². The van der Waals surface area contributed by atoms with Crippen LogP contribution in [0.3, 0.4) is 0 Å². The molecular weight excluding hydrogens is 229 g/mol. The van der Waals surface area contributed by atoms with Gasteiger partial charge in [0.15, 0.2) is 0 Å². The molecule has 0 saturated carbocycles. The maximum absolute atomic E-state index is 12.1. The normalized spacial score (nSPS) is 13.2. The summed E-state index contributed by atoms with van der Waals surface area (Å²) < 4.78 is 36.2. The molecule has 2 nitrogen and oxygen atoms in total. The van der Waals surface area contributed by atoms with Gasteiger partial charge in [-0.1, -0.05) is 29.3 Å². The van der Waals surface area contributed by atoms with E-state index in [0.717, 1.165) is 11.1 Å². The number of nitriles is 1. The Morgan fingerprint density at radius 1 is 1.24 bits per heavy atom. The van der Waals surface area contributed by atoms with Crippen LogP contribution < -0.4 is 5.32 Å². The van der Waals surface area contributed by atoms with Gasteiger partial charge in [0, 0.05) is 0 Å². The van der Waals surface area contributed by atoms with Gasteiger partial charge in [-0.05, 0) is 19.4 Å². The van der Waals surface area contributed by atoms with Crippen LogP contribution in [-0.4, -0.2) is 12.7 Å². The smallest absolute Gasteiger partial charge is 0.290 e. The summed E-state index contributed by atoms with van der Waals surface area (Å²) in [6.45, 7) is 2.52. The highest BCUT2D eigenvalue weighted by atomic mass is 19.4.